The van der Waals surface area contributed by atoms with E-state index in [1.165, 1.54) is 135 Å². The van der Waals surface area contributed by atoms with Gasteiger partial charge in [-0.3, -0.25) is 9.59 Å². The van der Waals surface area contributed by atoms with E-state index in [0.717, 1.165) is 128 Å². The van der Waals surface area contributed by atoms with Gasteiger partial charge in [0.05, 0.1) is 34.4 Å². The number of unbranched alkanes of at least 4 members (excludes halogenated alkanes) is 28. The first-order valence-electron chi connectivity index (χ1n) is 37.0. The van der Waals surface area contributed by atoms with Gasteiger partial charge in [-0.25, -0.2) is 4.79 Å². The van der Waals surface area contributed by atoms with Crippen molar-refractivity contribution < 1.29 is 42.9 Å². The van der Waals surface area contributed by atoms with E-state index < -0.39 is 24.3 Å². The normalized spacial score (nSPS) is 13.5. The lowest BCUT2D eigenvalue weighted by Crippen LogP contribution is -2.40. The molecule has 0 fully saturated rings. The maximum absolute atomic E-state index is 12.9. The molecule has 0 radical (unpaired) electrons. The molecule has 0 amide bonds. The summed E-state index contributed by atoms with van der Waals surface area (Å²) in [4.78, 5) is 37.7. The maximum Gasteiger partial charge on any atom is 0.361 e. The number of carbonyl (C=O) groups excluding carboxylic acids is 2. The van der Waals surface area contributed by atoms with Crippen LogP contribution in [0.2, 0.25) is 0 Å². The summed E-state index contributed by atoms with van der Waals surface area (Å²) >= 11 is 0. The van der Waals surface area contributed by atoms with Crippen LogP contribution < -0.4 is 0 Å². The summed E-state index contributed by atoms with van der Waals surface area (Å²) in [7, 11) is 5.97. The predicted octanol–water partition coefficient (Wildman–Crippen LogP) is 23.5. The molecule has 9 nitrogen and oxygen atoms in total. The van der Waals surface area contributed by atoms with E-state index >= 15 is 0 Å². The standard InChI is InChI=1S/C82H137NO8/c1-6-8-10-12-14-16-18-20-22-24-26-28-30-32-34-35-36-37-38-39-40-41-42-43-44-45-47-48-50-52-54-56-58-60-62-64-66-68-70-72-79(84)89-76-78(77-90-82(81(86)87)88-75-74-83(3,4)5)91-80(85)73-71-69-67-65-63-61-59-57-55-53-51-49-46-33-31-29-27-25-23-21-19-17-15-13-11-9-7-2/h8-11,14-17,20-23,26-29,32-34,46,51,53,57,59,78,82H,6-7,12-13,18-19,24-25,30-31,35-45,47-50,52,54-56,58,60-77H2,1-5H3/p+1/b10-8-,11-9-,16-14-,17-15-,22-20-,23-21-,28-26-,29-27-,34-32-,46-33-,53-51-,59-57-. The number of carboxylic acid groups (broad SMARTS) is 1. The van der Waals surface area contributed by atoms with Crippen molar-refractivity contribution >= 4 is 17.9 Å². The number of carbonyl (C=O) groups is 3. The molecule has 0 aliphatic heterocycles. The van der Waals surface area contributed by atoms with Crippen LogP contribution >= 0.6 is 0 Å². The summed E-state index contributed by atoms with van der Waals surface area (Å²) in [6, 6.07) is 0. The second-order valence-electron chi connectivity index (χ2n) is 25.5. The monoisotopic (exact) mass is 1270 g/mol. The van der Waals surface area contributed by atoms with E-state index in [-0.39, 0.29) is 32.2 Å². The molecule has 0 spiro atoms. The first-order valence-corrected chi connectivity index (χ1v) is 37.0. The van der Waals surface area contributed by atoms with Gasteiger partial charge in [0, 0.05) is 12.8 Å². The lowest BCUT2D eigenvalue weighted by Gasteiger charge is -2.25. The fourth-order valence-corrected chi connectivity index (χ4v) is 10.0. The smallest absolute Gasteiger partial charge is 0.361 e. The van der Waals surface area contributed by atoms with E-state index in [9.17, 15) is 19.5 Å². The minimum Gasteiger partial charge on any atom is -0.477 e. The van der Waals surface area contributed by atoms with Crippen molar-refractivity contribution in [2.75, 3.05) is 47.5 Å². The highest BCUT2D eigenvalue weighted by molar-refractivity contribution is 5.71. The summed E-state index contributed by atoms with van der Waals surface area (Å²) in [6.45, 7) is 4.64. The molecule has 0 saturated carbocycles. The Hall–Kier alpha value is -4.83. The van der Waals surface area contributed by atoms with Gasteiger partial charge in [0.15, 0.2) is 6.10 Å². The molecule has 0 aromatic rings. The van der Waals surface area contributed by atoms with Crippen LogP contribution in [-0.4, -0.2) is 87.4 Å². The number of aliphatic carboxylic acids is 1. The molecule has 0 bridgehead atoms. The number of allylic oxidation sites excluding steroid dienone is 24. The van der Waals surface area contributed by atoms with Crippen LogP contribution in [0, 0.1) is 0 Å². The highest BCUT2D eigenvalue weighted by Gasteiger charge is 2.25. The minimum atomic E-state index is -1.52. The molecule has 2 atom stereocenters. The third-order valence-electron chi connectivity index (χ3n) is 15.6. The van der Waals surface area contributed by atoms with Gasteiger partial charge in [-0.05, 0) is 116 Å². The molecule has 91 heavy (non-hydrogen) atoms. The van der Waals surface area contributed by atoms with Crippen molar-refractivity contribution in [2.24, 2.45) is 0 Å². The van der Waals surface area contributed by atoms with Gasteiger partial charge in [0.1, 0.15) is 13.2 Å². The summed E-state index contributed by atoms with van der Waals surface area (Å²) < 4.78 is 23.0. The molecule has 0 heterocycles. The Labute approximate surface area is 560 Å². The largest absolute Gasteiger partial charge is 0.477 e. The first-order chi connectivity index (χ1) is 44.6. The van der Waals surface area contributed by atoms with E-state index in [4.69, 9.17) is 18.9 Å². The Morgan fingerprint density at radius 3 is 0.879 bits per heavy atom. The number of ether oxygens (including phenoxy) is 4. The van der Waals surface area contributed by atoms with Crippen LogP contribution in [0.4, 0.5) is 0 Å². The molecular formula is C82H138NO8+. The van der Waals surface area contributed by atoms with Gasteiger partial charge in [0.2, 0.25) is 0 Å². The van der Waals surface area contributed by atoms with Crippen LogP contribution in [0.1, 0.15) is 296 Å². The van der Waals surface area contributed by atoms with Crippen molar-refractivity contribution in [2.45, 2.75) is 309 Å². The average molecular weight is 1270 g/mol. The molecule has 0 rings (SSSR count). The van der Waals surface area contributed by atoms with Crippen molar-refractivity contribution in [3.63, 3.8) is 0 Å². The number of esters is 2. The molecule has 0 aliphatic carbocycles. The third-order valence-corrected chi connectivity index (χ3v) is 15.6. The molecule has 0 aliphatic rings. The lowest BCUT2D eigenvalue weighted by atomic mass is 10.0. The molecule has 0 aromatic carbocycles. The number of nitrogens with zero attached hydrogens (tertiary/aromatic N) is 1. The summed E-state index contributed by atoms with van der Waals surface area (Å²) in [5.74, 6) is -2.03. The van der Waals surface area contributed by atoms with Crippen molar-refractivity contribution in [3.05, 3.63) is 146 Å². The zero-order valence-corrected chi connectivity index (χ0v) is 59.2. The lowest BCUT2D eigenvalue weighted by molar-refractivity contribution is -0.870. The maximum atomic E-state index is 12.9. The number of hydrogen-bond donors (Lipinski definition) is 1. The summed E-state index contributed by atoms with van der Waals surface area (Å²) in [5.41, 5.74) is 0. The van der Waals surface area contributed by atoms with E-state index in [0.29, 0.717) is 23.9 Å². The van der Waals surface area contributed by atoms with E-state index in [2.05, 4.69) is 160 Å². The third kappa shape index (κ3) is 72.5. The molecule has 9 heteroatoms. The van der Waals surface area contributed by atoms with E-state index in [1.54, 1.807) is 0 Å². The first kappa shape index (κ1) is 86.2. The highest BCUT2D eigenvalue weighted by atomic mass is 16.7. The van der Waals surface area contributed by atoms with Crippen molar-refractivity contribution in [1.82, 2.24) is 0 Å². The zero-order valence-electron chi connectivity index (χ0n) is 59.2. The van der Waals surface area contributed by atoms with Gasteiger partial charge in [-0.15, -0.1) is 0 Å². The number of likely N-dealkylation sites (N-methyl/N-ethyl adjacent to an activating group) is 1. The SMILES string of the molecule is CC/C=C\C/C=C\C/C=C\C/C=C\C/C=C\C/C=C\C/C=C\CCCCCCCC(=O)OC(COC(=O)CCCCCCCCCCCCCCCCCCCCCCCCC/C=C\C/C=C\C/C=C\C/C=C\C/C=C\CC)COC(OCC[N+](C)(C)C)C(=O)O. The molecule has 0 saturated heterocycles. The van der Waals surface area contributed by atoms with Crippen LogP contribution in [0.3, 0.4) is 0 Å². The van der Waals surface area contributed by atoms with Gasteiger partial charge < -0.3 is 28.5 Å². The van der Waals surface area contributed by atoms with Crippen LogP contribution in [-0.2, 0) is 33.3 Å². The molecular weight excluding hydrogens is 1130 g/mol. The van der Waals surface area contributed by atoms with Gasteiger partial charge in [-0.1, -0.05) is 314 Å². The average Bonchev–Trinajstić information content (AvgIpc) is 3.46. The van der Waals surface area contributed by atoms with Crippen molar-refractivity contribution in [1.29, 1.82) is 0 Å². The Kier molecular flexibility index (Phi) is 67.3. The highest BCUT2D eigenvalue weighted by Crippen LogP contribution is 2.17. The zero-order chi connectivity index (χ0) is 66.1. The Morgan fingerprint density at radius 1 is 0.330 bits per heavy atom. The fourth-order valence-electron chi connectivity index (χ4n) is 10.0. The summed E-state index contributed by atoms with van der Waals surface area (Å²) in [6.07, 6.45) is 101. The molecule has 518 valence electrons. The van der Waals surface area contributed by atoms with Gasteiger partial charge in [0.25, 0.3) is 6.29 Å². The second-order valence-corrected chi connectivity index (χ2v) is 25.5. The molecule has 2 unspecified atom stereocenters. The Bertz CT molecular complexity index is 2010. The minimum absolute atomic E-state index is 0.178. The van der Waals surface area contributed by atoms with Crippen LogP contribution in [0.15, 0.2) is 146 Å². The Morgan fingerprint density at radius 2 is 0.593 bits per heavy atom. The Balaban J connectivity index is 4.08. The van der Waals surface area contributed by atoms with Crippen LogP contribution in [0.25, 0.3) is 0 Å². The number of carboxylic acids is 1. The fraction of sp³-hybridized carbons (Fsp3) is 0.671. The summed E-state index contributed by atoms with van der Waals surface area (Å²) in [5, 5.41) is 9.75. The quantitative estimate of drug-likeness (QED) is 0.0211. The number of hydrogen-bond acceptors (Lipinski definition) is 7. The molecule has 0 aromatic heterocycles. The van der Waals surface area contributed by atoms with Gasteiger partial charge in [-0.2, -0.15) is 0 Å². The molecule has 1 N–H and O–H groups in total. The second kappa shape index (κ2) is 71.0. The van der Waals surface area contributed by atoms with E-state index in [1.807, 2.05) is 21.1 Å². The van der Waals surface area contributed by atoms with Crippen LogP contribution in [0.5, 0.6) is 0 Å². The number of rotatable bonds is 67. The topological polar surface area (TPSA) is 108 Å². The number of quaternary nitrogens is 1. The predicted molar refractivity (Wildman–Crippen MR) is 391 cm³/mol. The van der Waals surface area contributed by atoms with Gasteiger partial charge >= 0.3 is 17.9 Å². The van der Waals surface area contributed by atoms with Crippen molar-refractivity contribution in [3.8, 4) is 0 Å².